The summed E-state index contributed by atoms with van der Waals surface area (Å²) in [5, 5.41) is 10.8. The van der Waals surface area contributed by atoms with Gasteiger partial charge in [-0.1, -0.05) is 62.4 Å². The number of nitrogens with zero attached hydrogens (tertiary/aromatic N) is 2. The molecule has 0 aromatic heterocycles. The summed E-state index contributed by atoms with van der Waals surface area (Å²) in [6, 6.07) is 15.1. The lowest BCUT2D eigenvalue weighted by Crippen LogP contribution is -2.34. The van der Waals surface area contributed by atoms with Gasteiger partial charge in [0.1, 0.15) is 0 Å². The molecule has 7 nitrogen and oxygen atoms in total. The van der Waals surface area contributed by atoms with Gasteiger partial charge < -0.3 is 19.6 Å². The number of ether oxygens (including phenoxy) is 1. The van der Waals surface area contributed by atoms with E-state index in [4.69, 9.17) is 4.74 Å². The van der Waals surface area contributed by atoms with Crippen molar-refractivity contribution in [2.24, 2.45) is 0 Å². The predicted molar refractivity (Wildman–Crippen MR) is 135 cm³/mol. The molecule has 1 N–H and O–H groups in total. The number of ketones is 1. The summed E-state index contributed by atoms with van der Waals surface area (Å²) < 4.78 is 4.77. The number of carbonyl (C=O) groups is 3. The number of hydrogen-bond acceptors (Lipinski definition) is 6. The molecule has 184 valence electrons. The van der Waals surface area contributed by atoms with Crippen LogP contribution in [0.5, 0.6) is 0 Å². The molecule has 1 unspecified atom stereocenters. The number of aliphatic hydroxyl groups excluding tert-OH is 1. The van der Waals surface area contributed by atoms with E-state index in [2.05, 4.69) is 18.7 Å². The Bertz CT molecular complexity index is 1100. The Morgan fingerprint density at radius 2 is 1.71 bits per heavy atom. The van der Waals surface area contributed by atoms with E-state index >= 15 is 0 Å². The topological polar surface area (TPSA) is 87.2 Å². The highest BCUT2D eigenvalue weighted by Crippen LogP contribution is 2.38. The van der Waals surface area contributed by atoms with Crippen molar-refractivity contribution < 1.29 is 24.2 Å². The Balaban J connectivity index is 1.93. The average molecular weight is 477 g/mol. The lowest BCUT2D eigenvalue weighted by molar-refractivity contribution is -0.129. The fourth-order valence-corrected chi connectivity index (χ4v) is 4.23. The van der Waals surface area contributed by atoms with Crippen molar-refractivity contribution in [3.8, 4) is 0 Å². The van der Waals surface area contributed by atoms with Gasteiger partial charge in [-0.05, 0) is 55.4 Å². The zero-order valence-corrected chi connectivity index (χ0v) is 20.4. The van der Waals surface area contributed by atoms with Crippen LogP contribution in [0.1, 0.15) is 47.8 Å². The van der Waals surface area contributed by atoms with Crippen molar-refractivity contribution in [3.63, 3.8) is 0 Å². The summed E-state index contributed by atoms with van der Waals surface area (Å²) in [7, 11) is 1.31. The second kappa shape index (κ2) is 12.1. The lowest BCUT2D eigenvalue weighted by Gasteiger charge is -2.28. The van der Waals surface area contributed by atoms with Crippen LogP contribution >= 0.6 is 0 Å². The van der Waals surface area contributed by atoms with Gasteiger partial charge in [0.2, 0.25) is 0 Å². The summed E-state index contributed by atoms with van der Waals surface area (Å²) in [4.78, 5) is 42.0. The normalized spacial score (nSPS) is 15.9. The average Bonchev–Trinajstić information content (AvgIpc) is 3.15. The number of aliphatic hydroxyl groups is 1. The van der Waals surface area contributed by atoms with Crippen molar-refractivity contribution in [1.82, 2.24) is 9.80 Å². The predicted octanol–water partition coefficient (Wildman–Crippen LogP) is 4.18. The minimum absolute atomic E-state index is 0.0378. The van der Waals surface area contributed by atoms with E-state index in [9.17, 15) is 19.5 Å². The zero-order valence-electron chi connectivity index (χ0n) is 20.4. The maximum absolute atomic E-state index is 13.2. The molecule has 0 radical (unpaired) electrons. The molecule has 7 heteroatoms. The second-order valence-corrected chi connectivity index (χ2v) is 8.27. The minimum Gasteiger partial charge on any atom is -0.503 e. The van der Waals surface area contributed by atoms with E-state index in [0.29, 0.717) is 24.1 Å². The molecule has 0 saturated carbocycles. The van der Waals surface area contributed by atoms with E-state index in [0.717, 1.165) is 25.2 Å². The van der Waals surface area contributed by atoms with Crippen LogP contribution in [-0.2, 0) is 14.3 Å². The van der Waals surface area contributed by atoms with E-state index < -0.39 is 29.5 Å². The molecule has 1 aliphatic rings. The van der Waals surface area contributed by atoms with Gasteiger partial charge in [0.05, 0.1) is 24.3 Å². The third-order valence-corrected chi connectivity index (χ3v) is 6.21. The number of methoxy groups -OCH3 is 1. The molecule has 1 aliphatic heterocycles. The Morgan fingerprint density at radius 3 is 2.31 bits per heavy atom. The number of carbonyl (C=O) groups excluding carboxylic acids is 3. The van der Waals surface area contributed by atoms with Crippen LogP contribution in [0.25, 0.3) is 6.08 Å². The highest BCUT2D eigenvalue weighted by Gasteiger charge is 2.42. The maximum atomic E-state index is 13.2. The van der Waals surface area contributed by atoms with Crippen LogP contribution in [0.4, 0.5) is 0 Å². The van der Waals surface area contributed by atoms with Crippen molar-refractivity contribution in [1.29, 1.82) is 0 Å². The van der Waals surface area contributed by atoms with Crippen LogP contribution < -0.4 is 0 Å². The molecule has 1 amide bonds. The number of esters is 1. The molecule has 1 heterocycles. The number of hydrogen-bond donors (Lipinski definition) is 1. The highest BCUT2D eigenvalue weighted by molar-refractivity contribution is 6.14. The van der Waals surface area contributed by atoms with Crippen LogP contribution in [0.2, 0.25) is 0 Å². The molecular formula is C28H32N2O5. The molecule has 1 atom stereocenters. The van der Waals surface area contributed by atoms with Crippen LogP contribution in [0.15, 0.2) is 72.0 Å². The zero-order chi connectivity index (χ0) is 25.4. The Kier molecular flexibility index (Phi) is 8.98. The third-order valence-electron chi connectivity index (χ3n) is 6.21. The quantitative estimate of drug-likeness (QED) is 0.387. The molecular weight excluding hydrogens is 444 g/mol. The fourth-order valence-electron chi connectivity index (χ4n) is 4.23. The van der Waals surface area contributed by atoms with Gasteiger partial charge in [-0.25, -0.2) is 4.79 Å². The number of rotatable bonds is 11. The monoisotopic (exact) mass is 476 g/mol. The van der Waals surface area contributed by atoms with E-state index in [1.54, 1.807) is 30.3 Å². The first-order valence-corrected chi connectivity index (χ1v) is 11.8. The SMILES string of the molecule is CCN(CC)CCCN1C(=O)C(O)=C(C(=O)/C=C/c2ccccc2)C1c1ccc(C(=O)OC)cc1. The summed E-state index contributed by atoms with van der Waals surface area (Å²) in [6.45, 7) is 7.14. The standard InChI is InChI=1S/C28H32N2O5/c1-4-29(5-2)18-9-19-30-25(21-13-15-22(16-14-21)28(34)35-3)24(26(32)27(30)33)23(31)17-12-20-10-7-6-8-11-20/h6-8,10-17,25,32H,4-5,9,18-19H2,1-3H3/b17-12+. The smallest absolute Gasteiger partial charge is 0.337 e. The Morgan fingerprint density at radius 1 is 1.06 bits per heavy atom. The van der Waals surface area contributed by atoms with Gasteiger partial charge in [-0.15, -0.1) is 0 Å². The first-order valence-electron chi connectivity index (χ1n) is 11.8. The second-order valence-electron chi connectivity index (χ2n) is 8.27. The highest BCUT2D eigenvalue weighted by atomic mass is 16.5. The molecule has 0 spiro atoms. The van der Waals surface area contributed by atoms with Gasteiger partial charge in [0.15, 0.2) is 11.5 Å². The number of allylic oxidation sites excluding steroid dienone is 1. The van der Waals surface area contributed by atoms with E-state index in [1.165, 1.54) is 18.1 Å². The number of amides is 1. The molecule has 0 fully saturated rings. The molecule has 0 bridgehead atoms. The minimum atomic E-state index is -0.751. The first-order chi connectivity index (χ1) is 16.9. The molecule has 2 aromatic rings. The third kappa shape index (κ3) is 6.05. The van der Waals surface area contributed by atoms with Gasteiger partial charge in [-0.3, -0.25) is 9.59 Å². The van der Waals surface area contributed by atoms with Crippen LogP contribution in [0, 0.1) is 0 Å². The summed E-state index contributed by atoms with van der Waals surface area (Å²) >= 11 is 0. The van der Waals surface area contributed by atoms with Gasteiger partial charge in [-0.2, -0.15) is 0 Å². The Labute approximate surface area is 206 Å². The van der Waals surface area contributed by atoms with E-state index in [-0.39, 0.29) is 5.57 Å². The maximum Gasteiger partial charge on any atom is 0.337 e. The van der Waals surface area contributed by atoms with Crippen molar-refractivity contribution in [3.05, 3.63) is 88.7 Å². The molecule has 2 aromatic carbocycles. The number of benzene rings is 2. The van der Waals surface area contributed by atoms with Crippen molar-refractivity contribution >= 4 is 23.7 Å². The van der Waals surface area contributed by atoms with E-state index in [1.807, 2.05) is 30.3 Å². The molecule has 0 saturated heterocycles. The van der Waals surface area contributed by atoms with Crippen LogP contribution in [0.3, 0.4) is 0 Å². The van der Waals surface area contributed by atoms with Crippen molar-refractivity contribution in [2.75, 3.05) is 33.3 Å². The molecule has 0 aliphatic carbocycles. The van der Waals surface area contributed by atoms with Gasteiger partial charge in [0.25, 0.3) is 5.91 Å². The Hall–Kier alpha value is -3.71. The first kappa shape index (κ1) is 25.9. The summed E-state index contributed by atoms with van der Waals surface area (Å²) in [6.07, 6.45) is 3.73. The van der Waals surface area contributed by atoms with Gasteiger partial charge in [0, 0.05) is 6.54 Å². The summed E-state index contributed by atoms with van der Waals surface area (Å²) in [5.74, 6) is -2.01. The largest absolute Gasteiger partial charge is 0.503 e. The van der Waals surface area contributed by atoms with Gasteiger partial charge >= 0.3 is 5.97 Å². The molecule has 35 heavy (non-hydrogen) atoms. The lowest BCUT2D eigenvalue weighted by atomic mass is 9.94. The summed E-state index contributed by atoms with van der Waals surface area (Å²) in [5.41, 5.74) is 1.87. The molecule has 3 rings (SSSR count). The van der Waals surface area contributed by atoms with Crippen molar-refractivity contribution in [2.45, 2.75) is 26.3 Å². The fraction of sp³-hybridized carbons (Fsp3) is 0.321. The van der Waals surface area contributed by atoms with Crippen LogP contribution in [-0.4, -0.2) is 65.9 Å².